The maximum atomic E-state index is 12.6. The van der Waals surface area contributed by atoms with Crippen LogP contribution in [0.1, 0.15) is 65.1 Å². The minimum absolute atomic E-state index is 0.141. The van der Waals surface area contributed by atoms with Crippen molar-refractivity contribution in [2.24, 2.45) is 17.8 Å². The highest BCUT2D eigenvalue weighted by atomic mass is 16.2. The Kier molecular flexibility index (Phi) is 4.14. The van der Waals surface area contributed by atoms with E-state index in [1.165, 1.54) is 44.7 Å². The number of hydrogen-bond acceptors (Lipinski definition) is 4. The molecule has 4 bridgehead atoms. The van der Waals surface area contributed by atoms with Gasteiger partial charge in [0.25, 0.3) is 11.8 Å². The summed E-state index contributed by atoms with van der Waals surface area (Å²) < 4.78 is 0. The van der Waals surface area contributed by atoms with Gasteiger partial charge in [0.2, 0.25) is 0 Å². The monoisotopic (exact) mass is 376 g/mol. The van der Waals surface area contributed by atoms with E-state index in [1.807, 2.05) is 6.07 Å². The van der Waals surface area contributed by atoms with Crippen LogP contribution in [0.2, 0.25) is 0 Å². The van der Waals surface area contributed by atoms with Gasteiger partial charge in [0, 0.05) is 29.1 Å². The maximum Gasteiger partial charge on any atom is 0.288 e. The Morgan fingerprint density at radius 2 is 1.54 bits per heavy atom. The Morgan fingerprint density at radius 3 is 2.18 bits per heavy atom. The summed E-state index contributed by atoms with van der Waals surface area (Å²) in [5.74, 6) is 1.69. The molecule has 2 N–H and O–H groups in total. The average Bonchev–Trinajstić information content (AvgIpc) is 2.71. The number of carbonyl (C=O) groups is 2. The van der Waals surface area contributed by atoms with Crippen LogP contribution in [0.3, 0.4) is 0 Å². The summed E-state index contributed by atoms with van der Waals surface area (Å²) in [4.78, 5) is 33.3. The van der Waals surface area contributed by atoms with Crippen LogP contribution >= 0.6 is 0 Å². The fraction of sp³-hybridized carbons (Fsp3) is 0.455. The second-order valence-electron chi connectivity index (χ2n) is 8.75. The molecule has 6 nitrogen and oxygen atoms in total. The van der Waals surface area contributed by atoms with E-state index in [1.54, 1.807) is 30.5 Å². The van der Waals surface area contributed by atoms with Gasteiger partial charge in [0.05, 0.1) is 0 Å². The first-order chi connectivity index (χ1) is 13.6. The molecule has 0 aliphatic heterocycles. The molecule has 28 heavy (non-hydrogen) atoms. The van der Waals surface area contributed by atoms with Crippen molar-refractivity contribution in [2.75, 3.05) is 0 Å². The predicted molar refractivity (Wildman–Crippen MR) is 103 cm³/mol. The zero-order valence-electron chi connectivity index (χ0n) is 15.7. The van der Waals surface area contributed by atoms with Gasteiger partial charge in [-0.15, -0.1) is 0 Å². The number of hydrazine groups is 1. The molecule has 0 unspecified atom stereocenters. The fourth-order valence-corrected chi connectivity index (χ4v) is 6.03. The first-order valence-electron chi connectivity index (χ1n) is 10.1. The van der Waals surface area contributed by atoms with Crippen molar-refractivity contribution in [3.63, 3.8) is 0 Å². The van der Waals surface area contributed by atoms with Crippen LogP contribution in [0, 0.1) is 17.8 Å². The molecular formula is C22H24N4O2. The minimum Gasteiger partial charge on any atom is -0.267 e. The molecule has 0 spiro atoms. The summed E-state index contributed by atoms with van der Waals surface area (Å²) in [6, 6.07) is 8.68. The highest BCUT2D eigenvalue weighted by molar-refractivity contribution is 5.98. The quantitative estimate of drug-likeness (QED) is 0.807. The average molecular weight is 376 g/mol. The van der Waals surface area contributed by atoms with E-state index in [0.717, 1.165) is 23.4 Å². The molecular weight excluding hydrogens is 352 g/mol. The summed E-state index contributed by atoms with van der Waals surface area (Å²) in [5, 5.41) is 0. The van der Waals surface area contributed by atoms with E-state index in [2.05, 4.69) is 20.8 Å². The van der Waals surface area contributed by atoms with Gasteiger partial charge >= 0.3 is 0 Å². The smallest absolute Gasteiger partial charge is 0.267 e. The predicted octanol–water partition coefficient (Wildman–Crippen LogP) is 3.02. The Morgan fingerprint density at radius 1 is 0.857 bits per heavy atom. The molecule has 2 heterocycles. The molecule has 2 aromatic heterocycles. The molecule has 0 atom stereocenters. The van der Waals surface area contributed by atoms with Crippen LogP contribution in [0.5, 0.6) is 0 Å². The van der Waals surface area contributed by atoms with Crippen molar-refractivity contribution >= 4 is 11.8 Å². The molecule has 0 radical (unpaired) electrons. The molecule has 144 valence electrons. The summed E-state index contributed by atoms with van der Waals surface area (Å²) in [5.41, 5.74) is 6.90. The van der Waals surface area contributed by atoms with Crippen LogP contribution < -0.4 is 10.9 Å². The molecule has 6 rings (SSSR count). The minimum atomic E-state index is -0.440. The molecule has 6 heteroatoms. The lowest BCUT2D eigenvalue weighted by Crippen LogP contribution is -2.49. The zero-order chi connectivity index (χ0) is 19.1. The van der Waals surface area contributed by atoms with Crippen molar-refractivity contribution in [2.45, 2.75) is 43.9 Å². The van der Waals surface area contributed by atoms with E-state index in [-0.39, 0.29) is 17.0 Å². The lowest BCUT2D eigenvalue weighted by Gasteiger charge is -2.56. The summed E-state index contributed by atoms with van der Waals surface area (Å²) in [6.45, 7) is 0. The SMILES string of the molecule is O=C(NNC(=O)c1ccccn1)c1ccnc(C23CC4CC(CC(C4)C2)C3)c1. The van der Waals surface area contributed by atoms with E-state index in [9.17, 15) is 9.59 Å². The largest absolute Gasteiger partial charge is 0.288 e. The van der Waals surface area contributed by atoms with Crippen molar-refractivity contribution in [3.05, 3.63) is 59.7 Å². The first-order valence-corrected chi connectivity index (χ1v) is 10.1. The number of hydrogen-bond donors (Lipinski definition) is 2. The van der Waals surface area contributed by atoms with Gasteiger partial charge in [-0.3, -0.25) is 30.4 Å². The van der Waals surface area contributed by atoms with Gasteiger partial charge in [-0.1, -0.05) is 6.07 Å². The van der Waals surface area contributed by atoms with E-state index >= 15 is 0 Å². The highest BCUT2D eigenvalue weighted by Crippen LogP contribution is 2.60. The number of amides is 2. The third kappa shape index (κ3) is 3.07. The number of pyridine rings is 2. The third-order valence-electron chi connectivity index (χ3n) is 6.79. The number of rotatable bonds is 3. The van der Waals surface area contributed by atoms with Crippen LogP contribution in [-0.2, 0) is 5.41 Å². The van der Waals surface area contributed by atoms with Crippen molar-refractivity contribution in [1.82, 2.24) is 20.8 Å². The van der Waals surface area contributed by atoms with Crippen LogP contribution in [0.15, 0.2) is 42.7 Å². The van der Waals surface area contributed by atoms with Crippen molar-refractivity contribution in [3.8, 4) is 0 Å². The first kappa shape index (κ1) is 17.3. The summed E-state index contributed by atoms with van der Waals surface area (Å²) in [6.07, 6.45) is 11.0. The van der Waals surface area contributed by atoms with Crippen LogP contribution in [0.4, 0.5) is 0 Å². The normalized spacial score (nSPS) is 30.1. The van der Waals surface area contributed by atoms with E-state index < -0.39 is 5.91 Å². The highest BCUT2D eigenvalue weighted by Gasteiger charge is 2.52. The van der Waals surface area contributed by atoms with Gasteiger partial charge < -0.3 is 0 Å². The van der Waals surface area contributed by atoms with Gasteiger partial charge in [0.15, 0.2) is 0 Å². The molecule has 4 aliphatic carbocycles. The standard InChI is InChI=1S/C22H24N4O2/c27-20(25-26-21(28)18-3-1-2-5-23-18)17-4-6-24-19(10-17)22-11-14-7-15(12-22)9-16(8-14)13-22/h1-6,10,14-16H,7-9,11-13H2,(H,25,27)(H,26,28). The van der Waals surface area contributed by atoms with Crippen LogP contribution in [-0.4, -0.2) is 21.8 Å². The Balaban J connectivity index is 1.31. The van der Waals surface area contributed by atoms with Gasteiger partial charge in [0.1, 0.15) is 5.69 Å². The van der Waals surface area contributed by atoms with Gasteiger partial charge in [-0.2, -0.15) is 0 Å². The fourth-order valence-electron chi connectivity index (χ4n) is 6.03. The second-order valence-corrected chi connectivity index (χ2v) is 8.75. The van der Waals surface area contributed by atoms with Gasteiger partial charge in [-0.05, 0) is 80.5 Å². The number of nitrogens with one attached hydrogen (secondary N) is 2. The molecule has 0 saturated heterocycles. The maximum absolute atomic E-state index is 12.6. The van der Waals surface area contributed by atoms with E-state index in [0.29, 0.717) is 5.56 Å². The number of carbonyl (C=O) groups excluding carboxylic acids is 2. The Labute approximate surface area is 164 Å². The Hall–Kier alpha value is -2.76. The number of nitrogens with zero attached hydrogens (tertiary/aromatic N) is 2. The molecule has 2 amide bonds. The summed E-state index contributed by atoms with van der Waals surface area (Å²) >= 11 is 0. The Bertz CT molecular complexity index is 876. The lowest BCUT2D eigenvalue weighted by molar-refractivity contribution is -0.00722. The van der Waals surface area contributed by atoms with Crippen LogP contribution in [0.25, 0.3) is 0 Å². The molecule has 4 aliphatic rings. The van der Waals surface area contributed by atoms with Crippen molar-refractivity contribution in [1.29, 1.82) is 0 Å². The third-order valence-corrected chi connectivity index (χ3v) is 6.79. The van der Waals surface area contributed by atoms with E-state index in [4.69, 9.17) is 0 Å². The molecule has 0 aromatic carbocycles. The zero-order valence-corrected chi connectivity index (χ0v) is 15.7. The number of aromatic nitrogens is 2. The second kappa shape index (κ2) is 6.69. The topological polar surface area (TPSA) is 84.0 Å². The molecule has 4 saturated carbocycles. The lowest BCUT2D eigenvalue weighted by atomic mass is 9.48. The summed E-state index contributed by atoms with van der Waals surface area (Å²) in [7, 11) is 0. The molecule has 2 aromatic rings. The molecule has 4 fully saturated rings. The van der Waals surface area contributed by atoms with Gasteiger partial charge in [-0.25, -0.2) is 0 Å². The van der Waals surface area contributed by atoms with Crippen molar-refractivity contribution < 1.29 is 9.59 Å².